The number of methoxy groups -OCH3 is 1. The summed E-state index contributed by atoms with van der Waals surface area (Å²) in [7, 11) is 1.63. The number of amides is 1. The van der Waals surface area contributed by atoms with Gasteiger partial charge in [0.2, 0.25) is 0 Å². The molecule has 0 saturated carbocycles. The van der Waals surface area contributed by atoms with Crippen molar-refractivity contribution in [2.45, 2.75) is 20.4 Å². The van der Waals surface area contributed by atoms with Crippen molar-refractivity contribution in [2.24, 2.45) is 0 Å². The van der Waals surface area contributed by atoms with Crippen LogP contribution in [0.4, 0.5) is 5.69 Å². The SMILES string of the molecule is C=C(C)C(=O)N(Cc1ccccc1)c1c(C)cc(OC)cc1Br. The summed E-state index contributed by atoms with van der Waals surface area (Å²) in [5.74, 6) is 0.656. The number of anilines is 1. The molecule has 120 valence electrons. The number of rotatable bonds is 5. The predicted molar refractivity (Wildman–Crippen MR) is 97.9 cm³/mol. The summed E-state index contributed by atoms with van der Waals surface area (Å²) in [4.78, 5) is 14.4. The predicted octanol–water partition coefficient (Wildman–Crippen LogP) is 4.88. The van der Waals surface area contributed by atoms with E-state index in [1.807, 2.05) is 49.4 Å². The highest BCUT2D eigenvalue weighted by Gasteiger charge is 2.21. The van der Waals surface area contributed by atoms with Crippen LogP contribution in [0.25, 0.3) is 0 Å². The summed E-state index contributed by atoms with van der Waals surface area (Å²) < 4.78 is 6.11. The van der Waals surface area contributed by atoms with Gasteiger partial charge in [-0.3, -0.25) is 4.79 Å². The fourth-order valence-electron chi connectivity index (χ4n) is 2.41. The van der Waals surface area contributed by atoms with Gasteiger partial charge in [0.25, 0.3) is 5.91 Å². The van der Waals surface area contributed by atoms with Crippen LogP contribution in [0.15, 0.2) is 59.1 Å². The largest absolute Gasteiger partial charge is 0.497 e. The van der Waals surface area contributed by atoms with Crippen molar-refractivity contribution < 1.29 is 9.53 Å². The Balaban J connectivity index is 2.50. The summed E-state index contributed by atoms with van der Waals surface area (Å²) >= 11 is 3.57. The Kier molecular flexibility index (Phi) is 5.61. The van der Waals surface area contributed by atoms with Crippen LogP contribution in [0.1, 0.15) is 18.1 Å². The first-order valence-electron chi connectivity index (χ1n) is 7.29. The Labute approximate surface area is 145 Å². The maximum atomic E-state index is 12.7. The third kappa shape index (κ3) is 4.02. The molecule has 0 heterocycles. The van der Waals surface area contributed by atoms with Crippen LogP contribution >= 0.6 is 15.9 Å². The molecule has 1 amide bonds. The number of carbonyl (C=O) groups is 1. The quantitative estimate of drug-likeness (QED) is 0.699. The molecule has 0 aromatic heterocycles. The minimum Gasteiger partial charge on any atom is -0.497 e. The molecule has 0 bridgehead atoms. The van der Waals surface area contributed by atoms with Gasteiger partial charge in [-0.05, 0) is 53.0 Å². The van der Waals surface area contributed by atoms with Crippen LogP contribution in [0.3, 0.4) is 0 Å². The van der Waals surface area contributed by atoms with Crippen LogP contribution in [0, 0.1) is 6.92 Å². The van der Waals surface area contributed by atoms with E-state index in [9.17, 15) is 4.79 Å². The van der Waals surface area contributed by atoms with Crippen LogP contribution < -0.4 is 9.64 Å². The number of aryl methyl sites for hydroxylation is 1. The zero-order valence-electron chi connectivity index (χ0n) is 13.6. The van der Waals surface area contributed by atoms with E-state index in [1.54, 1.807) is 18.9 Å². The first-order valence-corrected chi connectivity index (χ1v) is 8.08. The van der Waals surface area contributed by atoms with Crippen molar-refractivity contribution >= 4 is 27.5 Å². The summed E-state index contributed by atoms with van der Waals surface area (Å²) in [5, 5.41) is 0. The Bertz CT molecular complexity index is 702. The molecule has 0 aliphatic rings. The molecule has 0 aliphatic carbocycles. The van der Waals surface area contributed by atoms with Crippen LogP contribution in [-0.2, 0) is 11.3 Å². The van der Waals surface area contributed by atoms with Gasteiger partial charge >= 0.3 is 0 Å². The molecule has 2 aromatic carbocycles. The van der Waals surface area contributed by atoms with Gasteiger partial charge < -0.3 is 9.64 Å². The molecule has 0 spiro atoms. The first-order chi connectivity index (χ1) is 10.9. The maximum Gasteiger partial charge on any atom is 0.253 e. The molecular weight excluding hydrogens is 354 g/mol. The van der Waals surface area contributed by atoms with Crippen molar-refractivity contribution in [3.63, 3.8) is 0 Å². The monoisotopic (exact) mass is 373 g/mol. The Morgan fingerprint density at radius 2 is 1.91 bits per heavy atom. The number of ether oxygens (including phenoxy) is 1. The molecule has 0 saturated heterocycles. The fourth-order valence-corrected chi connectivity index (χ4v) is 3.17. The van der Waals surface area contributed by atoms with Gasteiger partial charge in [0.05, 0.1) is 19.3 Å². The zero-order chi connectivity index (χ0) is 17.0. The van der Waals surface area contributed by atoms with Crippen molar-refractivity contribution in [1.29, 1.82) is 0 Å². The average Bonchev–Trinajstić information content (AvgIpc) is 2.53. The van der Waals surface area contributed by atoms with E-state index in [-0.39, 0.29) is 5.91 Å². The minimum absolute atomic E-state index is 0.0946. The lowest BCUT2D eigenvalue weighted by molar-refractivity contribution is -0.115. The molecule has 3 nitrogen and oxygen atoms in total. The van der Waals surface area contributed by atoms with Crippen LogP contribution in [0.2, 0.25) is 0 Å². The first kappa shape index (κ1) is 17.3. The molecule has 0 unspecified atom stereocenters. The highest BCUT2D eigenvalue weighted by Crippen LogP contribution is 2.35. The molecule has 4 heteroatoms. The van der Waals surface area contributed by atoms with E-state index in [4.69, 9.17) is 4.74 Å². The van der Waals surface area contributed by atoms with Gasteiger partial charge in [-0.15, -0.1) is 0 Å². The van der Waals surface area contributed by atoms with Gasteiger partial charge in [-0.25, -0.2) is 0 Å². The Hall–Kier alpha value is -2.07. The van der Waals surface area contributed by atoms with Gasteiger partial charge in [-0.1, -0.05) is 36.9 Å². The van der Waals surface area contributed by atoms with Crippen molar-refractivity contribution in [3.05, 3.63) is 70.2 Å². The number of hydrogen-bond donors (Lipinski definition) is 0. The number of benzene rings is 2. The lowest BCUT2D eigenvalue weighted by atomic mass is 10.1. The average molecular weight is 374 g/mol. The summed E-state index contributed by atoms with van der Waals surface area (Å²) in [6.45, 7) is 7.98. The number of hydrogen-bond acceptors (Lipinski definition) is 2. The molecule has 23 heavy (non-hydrogen) atoms. The Morgan fingerprint density at radius 1 is 1.26 bits per heavy atom. The molecule has 0 N–H and O–H groups in total. The van der Waals surface area contributed by atoms with E-state index >= 15 is 0 Å². The highest BCUT2D eigenvalue weighted by molar-refractivity contribution is 9.10. The lowest BCUT2D eigenvalue weighted by Crippen LogP contribution is -2.31. The second-order valence-corrected chi connectivity index (χ2v) is 6.29. The smallest absolute Gasteiger partial charge is 0.253 e. The number of nitrogens with zero attached hydrogens (tertiary/aromatic N) is 1. The summed E-state index contributed by atoms with van der Waals surface area (Å²) in [6, 6.07) is 13.7. The van der Waals surface area contributed by atoms with Crippen molar-refractivity contribution in [1.82, 2.24) is 0 Å². The minimum atomic E-state index is -0.0946. The van der Waals surface area contributed by atoms with Gasteiger partial charge in [0, 0.05) is 10.0 Å². The second kappa shape index (κ2) is 7.47. The van der Waals surface area contributed by atoms with E-state index in [2.05, 4.69) is 22.5 Å². The fraction of sp³-hybridized carbons (Fsp3) is 0.211. The van der Waals surface area contributed by atoms with Crippen molar-refractivity contribution in [2.75, 3.05) is 12.0 Å². The maximum absolute atomic E-state index is 12.7. The standard InChI is InChI=1S/C19H20BrNO2/c1-13(2)19(22)21(12-15-8-6-5-7-9-15)18-14(3)10-16(23-4)11-17(18)20/h5-11H,1,12H2,2-4H3. The second-order valence-electron chi connectivity index (χ2n) is 5.43. The lowest BCUT2D eigenvalue weighted by Gasteiger charge is -2.26. The Morgan fingerprint density at radius 3 is 2.43 bits per heavy atom. The summed E-state index contributed by atoms with van der Waals surface area (Å²) in [5.41, 5.74) is 3.36. The molecule has 2 rings (SSSR count). The topological polar surface area (TPSA) is 29.5 Å². The van der Waals surface area contributed by atoms with Gasteiger partial charge in [0.1, 0.15) is 5.75 Å². The number of halogens is 1. The summed E-state index contributed by atoms with van der Waals surface area (Å²) in [6.07, 6.45) is 0. The van der Waals surface area contributed by atoms with Crippen LogP contribution in [-0.4, -0.2) is 13.0 Å². The molecular formula is C19H20BrNO2. The van der Waals surface area contributed by atoms with Crippen molar-refractivity contribution in [3.8, 4) is 5.75 Å². The molecule has 0 atom stereocenters. The third-order valence-electron chi connectivity index (χ3n) is 3.53. The molecule has 0 radical (unpaired) electrons. The van der Waals surface area contributed by atoms with E-state index < -0.39 is 0 Å². The van der Waals surface area contributed by atoms with E-state index in [0.717, 1.165) is 27.0 Å². The van der Waals surface area contributed by atoms with E-state index in [1.165, 1.54) is 0 Å². The zero-order valence-corrected chi connectivity index (χ0v) is 15.2. The normalized spacial score (nSPS) is 10.3. The molecule has 0 fully saturated rings. The van der Waals surface area contributed by atoms with Crippen LogP contribution in [0.5, 0.6) is 5.75 Å². The van der Waals surface area contributed by atoms with Gasteiger partial charge in [0.15, 0.2) is 0 Å². The molecule has 2 aromatic rings. The number of carbonyl (C=O) groups excluding carboxylic acids is 1. The molecule has 0 aliphatic heterocycles. The van der Waals surface area contributed by atoms with E-state index in [0.29, 0.717) is 12.1 Å². The highest BCUT2D eigenvalue weighted by atomic mass is 79.9. The van der Waals surface area contributed by atoms with Gasteiger partial charge in [-0.2, -0.15) is 0 Å². The third-order valence-corrected chi connectivity index (χ3v) is 4.13.